The van der Waals surface area contributed by atoms with Crippen LogP contribution in [0.25, 0.3) is 10.9 Å². The Labute approximate surface area is 105 Å². The quantitative estimate of drug-likeness (QED) is 0.804. The summed E-state index contributed by atoms with van der Waals surface area (Å²) >= 11 is 7.55. The second kappa shape index (κ2) is 4.77. The van der Waals surface area contributed by atoms with Gasteiger partial charge in [0.25, 0.3) is 0 Å². The molecule has 16 heavy (non-hydrogen) atoms. The fourth-order valence-electron chi connectivity index (χ4n) is 1.27. The van der Waals surface area contributed by atoms with Crippen molar-refractivity contribution in [1.82, 2.24) is 4.73 Å². The highest BCUT2D eigenvalue weighted by atomic mass is 79.9. The van der Waals surface area contributed by atoms with Crippen molar-refractivity contribution in [2.75, 3.05) is 0 Å². The molecule has 0 aliphatic carbocycles. The van der Waals surface area contributed by atoms with Gasteiger partial charge < -0.3 is 4.62 Å². The Hall–Kier alpha value is -0.520. The molecule has 86 valence electrons. The average molecular weight is 326 g/mol. The monoisotopic (exact) mass is 325 g/mol. The number of para-hydroxylation sites is 1. The van der Waals surface area contributed by atoms with Gasteiger partial charge in [0.05, 0.1) is 17.4 Å². The van der Waals surface area contributed by atoms with Crippen molar-refractivity contribution in [1.29, 1.82) is 0 Å². The number of fused-ring (bicyclic) bond motifs is 1. The number of nitrogens with zero attached hydrogens (tertiary/aromatic N) is 1. The van der Waals surface area contributed by atoms with Crippen molar-refractivity contribution in [2.45, 2.75) is 0 Å². The smallest absolute Gasteiger partial charge is 0.310 e. The van der Waals surface area contributed by atoms with Gasteiger partial charge in [-0.25, -0.2) is 4.57 Å². The first-order valence-electron chi connectivity index (χ1n) is 4.15. The van der Waals surface area contributed by atoms with Gasteiger partial charge in [-0.05, 0) is 12.1 Å². The summed E-state index contributed by atoms with van der Waals surface area (Å²) in [6.45, 7) is 0. The van der Waals surface area contributed by atoms with E-state index in [9.17, 15) is 4.57 Å². The Bertz CT molecular complexity index is 538. The van der Waals surface area contributed by atoms with Crippen LogP contribution in [0.5, 0.6) is 0 Å². The fourth-order valence-corrected chi connectivity index (χ4v) is 2.40. The molecule has 0 fully saturated rings. The average Bonchev–Trinajstić information content (AvgIpc) is 2.73. The summed E-state index contributed by atoms with van der Waals surface area (Å²) in [6, 6.07) is 9.18. The van der Waals surface area contributed by atoms with Gasteiger partial charge >= 0.3 is 7.82 Å². The highest BCUT2D eigenvalue weighted by molar-refractivity contribution is 9.06. The summed E-state index contributed by atoms with van der Waals surface area (Å²) in [5.74, 6) is 0. The van der Waals surface area contributed by atoms with Crippen molar-refractivity contribution in [3.05, 3.63) is 36.5 Å². The minimum absolute atomic E-state index is 0.723. The lowest BCUT2D eigenvalue weighted by Gasteiger charge is -2.11. The highest BCUT2D eigenvalue weighted by Gasteiger charge is 2.29. The summed E-state index contributed by atoms with van der Waals surface area (Å²) in [5, 5.41) is 0.929. The molecule has 0 N–H and O–H groups in total. The molecular formula is C8H6BrClNO4P. The number of halogens is 2. The Balaban J connectivity index is 2.38. The summed E-state index contributed by atoms with van der Waals surface area (Å²) in [5.41, 5.74) is 0.723. The van der Waals surface area contributed by atoms with Crippen LogP contribution in [0.2, 0.25) is 0 Å². The van der Waals surface area contributed by atoms with Crippen molar-refractivity contribution in [3.8, 4) is 0 Å². The van der Waals surface area contributed by atoms with Crippen LogP contribution in [0.3, 0.4) is 0 Å². The third-order valence-electron chi connectivity index (χ3n) is 1.92. The van der Waals surface area contributed by atoms with Crippen LogP contribution < -0.4 is 4.62 Å². The van der Waals surface area contributed by atoms with Crippen LogP contribution in [0.15, 0.2) is 36.5 Å². The Morgan fingerprint density at radius 1 is 1.31 bits per heavy atom. The normalized spacial score (nSPS) is 14.9. The summed E-state index contributed by atoms with van der Waals surface area (Å²) < 4.78 is 26.4. The molecule has 1 atom stereocenters. The maximum absolute atomic E-state index is 11.6. The van der Waals surface area contributed by atoms with E-state index in [1.165, 1.54) is 4.73 Å². The Morgan fingerprint density at radius 3 is 2.75 bits per heavy atom. The lowest BCUT2D eigenvalue weighted by Crippen LogP contribution is -2.07. The van der Waals surface area contributed by atoms with Crippen LogP contribution in [0.1, 0.15) is 0 Å². The zero-order valence-corrected chi connectivity index (χ0v) is 11.0. The Morgan fingerprint density at radius 2 is 2.06 bits per heavy atom. The summed E-state index contributed by atoms with van der Waals surface area (Å²) in [6.07, 6.45) is 1.58. The molecule has 0 spiro atoms. The predicted molar refractivity (Wildman–Crippen MR) is 63.1 cm³/mol. The van der Waals surface area contributed by atoms with Gasteiger partial charge in [0.2, 0.25) is 0 Å². The van der Waals surface area contributed by atoms with Gasteiger partial charge in [-0.15, -0.1) is 0 Å². The number of hydrogen-bond acceptors (Lipinski definition) is 4. The van der Waals surface area contributed by atoms with Gasteiger partial charge in [-0.2, -0.15) is 12.4 Å². The molecule has 0 aliphatic rings. The van der Waals surface area contributed by atoms with Crippen LogP contribution >= 0.6 is 35.9 Å². The number of hydrogen-bond donors (Lipinski definition) is 0. The lowest BCUT2D eigenvalue weighted by molar-refractivity contribution is 0.211. The van der Waals surface area contributed by atoms with Crippen molar-refractivity contribution >= 4 is 46.9 Å². The van der Waals surface area contributed by atoms with E-state index in [1.807, 2.05) is 18.2 Å². The molecule has 1 aromatic carbocycles. The molecule has 8 heteroatoms. The molecule has 0 amide bonds. The van der Waals surface area contributed by atoms with E-state index in [-0.39, 0.29) is 0 Å². The van der Waals surface area contributed by atoms with E-state index >= 15 is 0 Å². The van der Waals surface area contributed by atoms with Gasteiger partial charge in [-0.3, -0.25) is 0 Å². The molecule has 0 saturated heterocycles. The zero-order valence-electron chi connectivity index (χ0n) is 7.75. The number of rotatable bonds is 4. The van der Waals surface area contributed by atoms with E-state index in [0.29, 0.717) is 0 Å². The van der Waals surface area contributed by atoms with E-state index in [1.54, 1.807) is 18.3 Å². The largest absolute Gasteiger partial charge is 0.577 e. The third-order valence-corrected chi connectivity index (χ3v) is 4.21. The molecule has 0 radical (unpaired) electrons. The predicted octanol–water partition coefficient (Wildman–Crippen LogP) is 3.67. The molecule has 2 aromatic rings. The van der Waals surface area contributed by atoms with Gasteiger partial charge in [0.15, 0.2) is 0 Å². The fraction of sp³-hybridized carbons (Fsp3) is 0. The van der Waals surface area contributed by atoms with Gasteiger partial charge in [-0.1, -0.05) is 18.2 Å². The van der Waals surface area contributed by atoms with E-state index < -0.39 is 7.82 Å². The van der Waals surface area contributed by atoms with Gasteiger partial charge in [0, 0.05) is 11.6 Å². The maximum Gasteiger partial charge on any atom is 0.577 e. The van der Waals surface area contributed by atoms with E-state index in [4.69, 9.17) is 16.5 Å². The van der Waals surface area contributed by atoms with E-state index in [2.05, 4.69) is 23.9 Å². The van der Waals surface area contributed by atoms with Crippen LogP contribution in [0, 0.1) is 0 Å². The Kier molecular flexibility index (Phi) is 3.56. The molecular weight excluding hydrogens is 320 g/mol. The van der Waals surface area contributed by atoms with Crippen molar-refractivity contribution < 1.29 is 16.9 Å². The summed E-state index contributed by atoms with van der Waals surface area (Å²) in [7, 11) is -3.83. The number of phosphoric acid groups is 1. The topological polar surface area (TPSA) is 49.7 Å². The third kappa shape index (κ3) is 2.26. The molecule has 1 unspecified atom stereocenters. The molecule has 1 aromatic heterocycles. The number of aromatic nitrogens is 1. The molecule has 1 heterocycles. The number of benzene rings is 1. The molecule has 5 nitrogen and oxygen atoms in total. The van der Waals surface area contributed by atoms with Crippen LogP contribution in [-0.2, 0) is 12.3 Å². The minimum atomic E-state index is -3.83. The lowest BCUT2D eigenvalue weighted by atomic mass is 10.3. The van der Waals surface area contributed by atoms with Crippen LogP contribution in [-0.4, -0.2) is 4.73 Å². The van der Waals surface area contributed by atoms with Crippen LogP contribution in [0.4, 0.5) is 0 Å². The summed E-state index contributed by atoms with van der Waals surface area (Å²) in [4.78, 5) is 0. The standard InChI is InChI=1S/C8H6BrClNO4P/c9-13-16(12,14-10)15-11-6-5-7-3-1-2-4-8(7)11/h1-6H. The molecule has 2 rings (SSSR count). The zero-order chi connectivity index (χ0) is 11.6. The SMILES string of the molecule is O=P(OCl)(OBr)On1ccc2ccccc21. The maximum atomic E-state index is 11.6. The molecule has 0 aliphatic heterocycles. The first-order valence-corrected chi connectivity index (χ1v) is 6.57. The van der Waals surface area contributed by atoms with Crippen molar-refractivity contribution in [3.63, 3.8) is 0 Å². The first kappa shape index (κ1) is 12.0. The minimum Gasteiger partial charge on any atom is -0.310 e. The highest BCUT2D eigenvalue weighted by Crippen LogP contribution is 2.49. The molecule has 0 saturated carbocycles. The van der Waals surface area contributed by atoms with Crippen molar-refractivity contribution in [2.24, 2.45) is 0 Å². The first-order chi connectivity index (χ1) is 7.68. The second-order valence-corrected chi connectivity index (χ2v) is 5.48. The second-order valence-electron chi connectivity index (χ2n) is 2.87. The molecule has 0 bridgehead atoms. The van der Waals surface area contributed by atoms with Gasteiger partial charge in [0.1, 0.15) is 16.3 Å². The van der Waals surface area contributed by atoms with E-state index in [0.717, 1.165) is 10.9 Å².